The summed E-state index contributed by atoms with van der Waals surface area (Å²) in [6, 6.07) is 0. The summed E-state index contributed by atoms with van der Waals surface area (Å²) in [5.74, 6) is 0.583. The minimum Gasteiger partial charge on any atom is -0.377 e. The van der Waals surface area contributed by atoms with Crippen LogP contribution in [0.15, 0.2) is 0 Å². The van der Waals surface area contributed by atoms with Gasteiger partial charge in [-0.15, -0.1) is 0 Å². The first-order valence-corrected chi connectivity index (χ1v) is 5.01. The molecule has 3 unspecified atom stereocenters. The molecule has 2 nitrogen and oxygen atoms in total. The van der Waals surface area contributed by atoms with E-state index >= 15 is 0 Å². The summed E-state index contributed by atoms with van der Waals surface area (Å²) in [5.41, 5.74) is 6.25. The number of nitrogens with two attached hydrogens (primary N) is 1. The molecular weight excluding hydrogens is 150 g/mol. The van der Waals surface area contributed by atoms with Gasteiger partial charge in [0.2, 0.25) is 0 Å². The summed E-state index contributed by atoms with van der Waals surface area (Å²) in [4.78, 5) is 0. The number of hydrogen-bond acceptors (Lipinski definition) is 2. The zero-order valence-electron chi connectivity index (χ0n) is 8.47. The van der Waals surface area contributed by atoms with Crippen molar-refractivity contribution in [3.05, 3.63) is 0 Å². The van der Waals surface area contributed by atoms with Gasteiger partial charge in [-0.3, -0.25) is 0 Å². The lowest BCUT2D eigenvalue weighted by Gasteiger charge is -2.34. The molecular formula is C10H21NO. The third-order valence-electron chi connectivity index (χ3n) is 3.30. The fourth-order valence-electron chi connectivity index (χ4n) is 2.12. The topological polar surface area (TPSA) is 35.2 Å². The maximum Gasteiger partial charge on any atom is 0.0729 e. The van der Waals surface area contributed by atoms with Crippen molar-refractivity contribution in [2.75, 3.05) is 6.61 Å². The van der Waals surface area contributed by atoms with Crippen molar-refractivity contribution >= 4 is 0 Å². The highest BCUT2D eigenvalue weighted by atomic mass is 16.5. The molecule has 0 bridgehead atoms. The summed E-state index contributed by atoms with van der Waals surface area (Å²) in [6.07, 6.45) is 3.69. The van der Waals surface area contributed by atoms with Gasteiger partial charge in [0.15, 0.2) is 0 Å². The van der Waals surface area contributed by atoms with Crippen LogP contribution in [0.3, 0.4) is 0 Å². The summed E-state index contributed by atoms with van der Waals surface area (Å²) < 4.78 is 5.51. The summed E-state index contributed by atoms with van der Waals surface area (Å²) >= 11 is 0. The van der Waals surface area contributed by atoms with Gasteiger partial charge in [0, 0.05) is 12.1 Å². The second-order valence-corrected chi connectivity index (χ2v) is 4.07. The van der Waals surface area contributed by atoms with Crippen molar-refractivity contribution in [1.29, 1.82) is 0 Å². The van der Waals surface area contributed by atoms with Gasteiger partial charge in [-0.2, -0.15) is 0 Å². The molecule has 0 aromatic heterocycles. The molecule has 12 heavy (non-hydrogen) atoms. The Labute approximate surface area is 75.5 Å². The number of rotatable bonds is 3. The van der Waals surface area contributed by atoms with E-state index in [0.717, 1.165) is 13.0 Å². The van der Waals surface area contributed by atoms with Crippen LogP contribution in [0.5, 0.6) is 0 Å². The first-order valence-electron chi connectivity index (χ1n) is 5.01. The van der Waals surface area contributed by atoms with Gasteiger partial charge in [-0.25, -0.2) is 0 Å². The van der Waals surface area contributed by atoms with Crippen molar-refractivity contribution < 1.29 is 4.74 Å². The molecule has 0 aromatic carbocycles. The normalized spacial score (nSPS) is 38.5. The predicted molar refractivity (Wildman–Crippen MR) is 51.0 cm³/mol. The fourth-order valence-corrected chi connectivity index (χ4v) is 2.12. The van der Waals surface area contributed by atoms with Gasteiger partial charge >= 0.3 is 0 Å². The van der Waals surface area contributed by atoms with Crippen LogP contribution in [0.25, 0.3) is 0 Å². The smallest absolute Gasteiger partial charge is 0.0729 e. The minimum absolute atomic E-state index is 0.0595. The average molecular weight is 171 g/mol. The highest BCUT2D eigenvalue weighted by molar-refractivity contribution is 4.97. The minimum atomic E-state index is -0.0595. The maximum atomic E-state index is 6.31. The van der Waals surface area contributed by atoms with E-state index in [1.165, 1.54) is 12.8 Å². The predicted octanol–water partition coefficient (Wildman–Crippen LogP) is 1.93. The third-order valence-corrected chi connectivity index (χ3v) is 3.30. The lowest BCUT2D eigenvalue weighted by atomic mass is 9.78. The van der Waals surface area contributed by atoms with Crippen LogP contribution in [0.4, 0.5) is 0 Å². The molecule has 1 aliphatic heterocycles. The summed E-state index contributed by atoms with van der Waals surface area (Å²) in [7, 11) is 0. The highest BCUT2D eigenvalue weighted by Crippen LogP contribution is 2.32. The largest absolute Gasteiger partial charge is 0.377 e. The first kappa shape index (κ1) is 10.0. The van der Waals surface area contributed by atoms with E-state index in [0.29, 0.717) is 5.92 Å². The molecule has 0 radical (unpaired) electrons. The highest BCUT2D eigenvalue weighted by Gasteiger charge is 2.41. The molecule has 0 spiro atoms. The van der Waals surface area contributed by atoms with Crippen LogP contribution in [0, 0.1) is 5.92 Å². The number of ether oxygens (including phenoxy) is 1. The average Bonchev–Trinajstić information content (AvgIpc) is 2.34. The molecule has 2 heteroatoms. The van der Waals surface area contributed by atoms with Gasteiger partial charge in [0.1, 0.15) is 0 Å². The van der Waals surface area contributed by atoms with E-state index in [1.54, 1.807) is 0 Å². The lowest BCUT2D eigenvalue weighted by Crippen LogP contribution is -2.51. The first-order chi connectivity index (χ1) is 5.61. The van der Waals surface area contributed by atoms with Crippen LogP contribution in [-0.4, -0.2) is 18.2 Å². The molecule has 1 heterocycles. The van der Waals surface area contributed by atoms with Crippen molar-refractivity contribution in [3.63, 3.8) is 0 Å². The van der Waals surface area contributed by atoms with Gasteiger partial charge in [-0.05, 0) is 25.7 Å². The van der Waals surface area contributed by atoms with Gasteiger partial charge < -0.3 is 10.5 Å². The fraction of sp³-hybridized carbons (Fsp3) is 1.00. The van der Waals surface area contributed by atoms with E-state index in [1.807, 2.05) is 0 Å². The van der Waals surface area contributed by atoms with E-state index in [4.69, 9.17) is 10.5 Å². The lowest BCUT2D eigenvalue weighted by molar-refractivity contribution is 0.0760. The van der Waals surface area contributed by atoms with Gasteiger partial charge in [0.25, 0.3) is 0 Å². The molecule has 1 saturated heterocycles. The quantitative estimate of drug-likeness (QED) is 0.704. The molecule has 1 rings (SSSR count). The molecule has 0 aromatic rings. The van der Waals surface area contributed by atoms with Crippen molar-refractivity contribution in [2.24, 2.45) is 11.7 Å². The van der Waals surface area contributed by atoms with Crippen molar-refractivity contribution in [1.82, 2.24) is 0 Å². The second kappa shape index (κ2) is 3.75. The van der Waals surface area contributed by atoms with Crippen LogP contribution >= 0.6 is 0 Å². The standard InChI is InChI=1S/C10H21NO/c1-4-5-8(2)10(11)6-7-12-9(10)3/h8-9H,4-7,11H2,1-3H3. The SMILES string of the molecule is CCCC(C)C1(N)CCOC1C. The van der Waals surface area contributed by atoms with E-state index in [2.05, 4.69) is 20.8 Å². The zero-order valence-corrected chi connectivity index (χ0v) is 8.47. The monoisotopic (exact) mass is 171 g/mol. The van der Waals surface area contributed by atoms with E-state index in [9.17, 15) is 0 Å². The van der Waals surface area contributed by atoms with E-state index < -0.39 is 0 Å². The Balaban J connectivity index is 2.56. The molecule has 0 saturated carbocycles. The Morgan fingerprint density at radius 3 is 2.75 bits per heavy atom. The Kier molecular flexibility index (Phi) is 3.13. The van der Waals surface area contributed by atoms with Crippen LogP contribution < -0.4 is 5.73 Å². The summed E-state index contributed by atoms with van der Waals surface area (Å²) in [5, 5.41) is 0. The molecule has 0 amide bonds. The Morgan fingerprint density at radius 1 is 1.67 bits per heavy atom. The second-order valence-electron chi connectivity index (χ2n) is 4.07. The third kappa shape index (κ3) is 1.64. The molecule has 0 aliphatic carbocycles. The molecule has 72 valence electrons. The zero-order chi connectivity index (χ0) is 9.19. The number of hydrogen-bond donors (Lipinski definition) is 1. The van der Waals surface area contributed by atoms with Crippen LogP contribution in [0.1, 0.15) is 40.0 Å². The molecule has 1 fully saturated rings. The molecule has 2 N–H and O–H groups in total. The maximum absolute atomic E-state index is 6.31. The molecule has 1 aliphatic rings. The van der Waals surface area contributed by atoms with Crippen molar-refractivity contribution in [3.8, 4) is 0 Å². The van der Waals surface area contributed by atoms with Crippen LogP contribution in [-0.2, 0) is 4.74 Å². The Morgan fingerprint density at radius 2 is 2.33 bits per heavy atom. The van der Waals surface area contributed by atoms with Gasteiger partial charge in [0.05, 0.1) is 6.10 Å². The summed E-state index contributed by atoms with van der Waals surface area (Å²) in [6.45, 7) is 7.39. The van der Waals surface area contributed by atoms with Crippen molar-refractivity contribution in [2.45, 2.75) is 51.7 Å². The molecule has 3 atom stereocenters. The van der Waals surface area contributed by atoms with Gasteiger partial charge in [-0.1, -0.05) is 20.3 Å². The van der Waals surface area contributed by atoms with E-state index in [-0.39, 0.29) is 11.6 Å². The van der Waals surface area contributed by atoms with Crippen LogP contribution in [0.2, 0.25) is 0 Å². The Bertz CT molecular complexity index is 149. The Hall–Kier alpha value is -0.0800.